The van der Waals surface area contributed by atoms with Gasteiger partial charge in [0.1, 0.15) is 5.82 Å². The third-order valence-corrected chi connectivity index (χ3v) is 3.20. The molecule has 1 saturated heterocycles. The van der Waals surface area contributed by atoms with Crippen molar-refractivity contribution in [2.75, 3.05) is 13.2 Å². The molecular formula is C11H13BBrFO3. The normalized spacial score (nSPS) is 16.9. The van der Waals surface area contributed by atoms with Gasteiger partial charge in [0, 0.05) is 17.7 Å². The second kappa shape index (κ2) is 6.49. The Kier molecular flexibility index (Phi) is 4.97. The zero-order chi connectivity index (χ0) is 12.1. The molecule has 1 heterocycles. The first-order valence-electron chi connectivity index (χ1n) is 5.54. The van der Waals surface area contributed by atoms with Crippen molar-refractivity contribution >= 4 is 23.3 Å². The van der Waals surface area contributed by atoms with Gasteiger partial charge in [0.15, 0.2) is 0 Å². The molecular weight excluding hydrogens is 290 g/mol. The van der Waals surface area contributed by atoms with Gasteiger partial charge in [0.2, 0.25) is 0 Å². The largest absolute Gasteiger partial charge is 0.639 e. The Morgan fingerprint density at radius 2 is 2.00 bits per heavy atom. The molecule has 0 N–H and O–H groups in total. The van der Waals surface area contributed by atoms with Gasteiger partial charge in [-0.05, 0) is 36.6 Å². The lowest BCUT2D eigenvalue weighted by atomic mass is 10.2. The molecule has 17 heavy (non-hydrogen) atoms. The standard InChI is InChI=1S/C11H13BBrFO3/c13-11-4-3-10(14)7-9(11)8-17-12-15-5-1-2-6-16-12/h3-4,7H,1-2,5-6,8H2. The summed E-state index contributed by atoms with van der Waals surface area (Å²) in [4.78, 5) is 0. The van der Waals surface area contributed by atoms with Crippen LogP contribution in [-0.4, -0.2) is 20.5 Å². The molecule has 0 spiro atoms. The average molecular weight is 303 g/mol. The number of benzene rings is 1. The molecule has 1 aliphatic rings. The van der Waals surface area contributed by atoms with Crippen LogP contribution in [0.3, 0.4) is 0 Å². The van der Waals surface area contributed by atoms with E-state index in [9.17, 15) is 4.39 Å². The summed E-state index contributed by atoms with van der Waals surface area (Å²) in [6.07, 6.45) is 1.95. The number of hydrogen-bond acceptors (Lipinski definition) is 3. The Hall–Kier alpha value is -0.425. The van der Waals surface area contributed by atoms with E-state index < -0.39 is 7.32 Å². The molecule has 0 aliphatic carbocycles. The van der Waals surface area contributed by atoms with Crippen LogP contribution in [-0.2, 0) is 20.6 Å². The van der Waals surface area contributed by atoms with Crippen LogP contribution in [0, 0.1) is 5.82 Å². The van der Waals surface area contributed by atoms with E-state index in [2.05, 4.69) is 15.9 Å². The van der Waals surface area contributed by atoms with E-state index in [0.717, 1.165) is 22.9 Å². The highest BCUT2D eigenvalue weighted by atomic mass is 79.9. The van der Waals surface area contributed by atoms with Crippen molar-refractivity contribution < 1.29 is 18.4 Å². The SMILES string of the molecule is Fc1ccc(Br)c(COB2OCCCCO2)c1. The Labute approximate surface area is 109 Å². The number of hydrogen-bond donors (Lipinski definition) is 0. The molecule has 2 rings (SSSR count). The summed E-state index contributed by atoms with van der Waals surface area (Å²) in [5.74, 6) is -0.283. The first-order chi connectivity index (χ1) is 8.25. The lowest BCUT2D eigenvalue weighted by molar-refractivity contribution is 0.107. The van der Waals surface area contributed by atoms with Crippen molar-refractivity contribution in [3.05, 3.63) is 34.1 Å². The van der Waals surface area contributed by atoms with Crippen LogP contribution < -0.4 is 0 Å². The molecule has 1 aliphatic heterocycles. The Bertz CT molecular complexity index is 370. The van der Waals surface area contributed by atoms with Gasteiger partial charge in [-0.15, -0.1) is 0 Å². The van der Waals surface area contributed by atoms with Crippen LogP contribution in [0.15, 0.2) is 22.7 Å². The van der Waals surface area contributed by atoms with Crippen molar-refractivity contribution in [2.24, 2.45) is 0 Å². The predicted octanol–water partition coefficient (Wildman–Crippen LogP) is 2.92. The molecule has 3 nitrogen and oxygen atoms in total. The number of rotatable bonds is 3. The molecule has 0 bridgehead atoms. The molecule has 1 aromatic carbocycles. The van der Waals surface area contributed by atoms with E-state index in [1.807, 2.05) is 0 Å². The maximum atomic E-state index is 13.0. The van der Waals surface area contributed by atoms with Gasteiger partial charge in [-0.2, -0.15) is 0 Å². The van der Waals surface area contributed by atoms with Crippen LogP contribution in [0.2, 0.25) is 0 Å². The predicted molar refractivity (Wildman–Crippen MR) is 65.8 cm³/mol. The molecule has 1 aromatic rings. The fourth-order valence-electron chi connectivity index (χ4n) is 1.52. The highest BCUT2D eigenvalue weighted by Crippen LogP contribution is 2.19. The maximum absolute atomic E-state index is 13.0. The molecule has 1 fully saturated rings. The minimum atomic E-state index is -0.646. The van der Waals surface area contributed by atoms with E-state index >= 15 is 0 Å². The van der Waals surface area contributed by atoms with Gasteiger partial charge in [0.05, 0.1) is 6.61 Å². The van der Waals surface area contributed by atoms with Gasteiger partial charge in [-0.1, -0.05) is 15.9 Å². The van der Waals surface area contributed by atoms with Crippen molar-refractivity contribution in [3.8, 4) is 0 Å². The monoisotopic (exact) mass is 302 g/mol. The first-order valence-corrected chi connectivity index (χ1v) is 6.34. The topological polar surface area (TPSA) is 27.7 Å². The maximum Gasteiger partial charge on any atom is 0.639 e. The zero-order valence-electron chi connectivity index (χ0n) is 9.33. The molecule has 0 amide bonds. The smallest absolute Gasteiger partial charge is 0.386 e. The summed E-state index contributed by atoms with van der Waals surface area (Å²) in [5.41, 5.74) is 0.737. The van der Waals surface area contributed by atoms with Crippen LogP contribution in [0.1, 0.15) is 18.4 Å². The van der Waals surface area contributed by atoms with Gasteiger partial charge in [0.25, 0.3) is 0 Å². The van der Waals surface area contributed by atoms with Crippen LogP contribution in [0.5, 0.6) is 0 Å². The van der Waals surface area contributed by atoms with Crippen molar-refractivity contribution in [3.63, 3.8) is 0 Å². The zero-order valence-corrected chi connectivity index (χ0v) is 10.9. The third-order valence-electron chi connectivity index (χ3n) is 2.43. The summed E-state index contributed by atoms with van der Waals surface area (Å²) >= 11 is 3.34. The van der Waals surface area contributed by atoms with E-state index in [0.29, 0.717) is 13.2 Å². The van der Waals surface area contributed by atoms with Gasteiger partial charge in [-0.3, -0.25) is 0 Å². The van der Waals surface area contributed by atoms with E-state index in [1.54, 1.807) is 6.07 Å². The van der Waals surface area contributed by atoms with Crippen molar-refractivity contribution in [1.82, 2.24) is 0 Å². The fraction of sp³-hybridized carbons (Fsp3) is 0.455. The summed E-state index contributed by atoms with van der Waals surface area (Å²) in [6, 6.07) is 4.48. The molecule has 92 valence electrons. The summed E-state index contributed by atoms with van der Waals surface area (Å²) < 4.78 is 30.0. The second-order valence-electron chi connectivity index (χ2n) is 3.78. The van der Waals surface area contributed by atoms with E-state index in [-0.39, 0.29) is 12.4 Å². The van der Waals surface area contributed by atoms with E-state index in [1.165, 1.54) is 12.1 Å². The first kappa shape index (κ1) is 13.0. The van der Waals surface area contributed by atoms with Gasteiger partial charge >= 0.3 is 7.32 Å². The summed E-state index contributed by atoms with van der Waals surface area (Å²) in [5, 5.41) is 0. The highest BCUT2D eigenvalue weighted by Gasteiger charge is 2.23. The molecule has 0 atom stereocenters. The van der Waals surface area contributed by atoms with Crippen molar-refractivity contribution in [1.29, 1.82) is 0 Å². The lowest BCUT2D eigenvalue weighted by Gasteiger charge is -2.11. The highest BCUT2D eigenvalue weighted by molar-refractivity contribution is 9.10. The number of halogens is 2. The molecule has 0 radical (unpaired) electrons. The van der Waals surface area contributed by atoms with Crippen molar-refractivity contribution in [2.45, 2.75) is 19.4 Å². The molecule has 0 unspecified atom stereocenters. The minimum Gasteiger partial charge on any atom is -0.386 e. The van der Waals surface area contributed by atoms with Gasteiger partial charge in [-0.25, -0.2) is 4.39 Å². The minimum absolute atomic E-state index is 0.253. The Balaban J connectivity index is 1.89. The average Bonchev–Trinajstić information content (AvgIpc) is 2.59. The lowest BCUT2D eigenvalue weighted by Crippen LogP contribution is -2.25. The third kappa shape index (κ3) is 4.06. The Morgan fingerprint density at radius 1 is 1.29 bits per heavy atom. The van der Waals surface area contributed by atoms with Crippen LogP contribution in [0.4, 0.5) is 4.39 Å². The molecule has 0 aromatic heterocycles. The fourth-order valence-corrected chi connectivity index (χ4v) is 1.88. The molecule has 6 heteroatoms. The summed E-state index contributed by atoms with van der Waals surface area (Å²) in [6.45, 7) is 1.52. The van der Waals surface area contributed by atoms with Gasteiger partial charge < -0.3 is 14.0 Å². The Morgan fingerprint density at radius 3 is 2.71 bits per heavy atom. The summed E-state index contributed by atoms with van der Waals surface area (Å²) in [7, 11) is -0.646. The molecule has 0 saturated carbocycles. The quantitative estimate of drug-likeness (QED) is 0.804. The second-order valence-corrected chi connectivity index (χ2v) is 4.64. The van der Waals surface area contributed by atoms with Crippen LogP contribution in [0.25, 0.3) is 0 Å². The van der Waals surface area contributed by atoms with E-state index in [4.69, 9.17) is 14.0 Å². The van der Waals surface area contributed by atoms with Crippen LogP contribution >= 0.6 is 15.9 Å².